The summed E-state index contributed by atoms with van der Waals surface area (Å²) in [5.41, 5.74) is 0.906. The van der Waals surface area contributed by atoms with Gasteiger partial charge in [0.25, 0.3) is 5.89 Å². The Morgan fingerprint density at radius 2 is 1.92 bits per heavy atom. The Morgan fingerprint density at radius 1 is 1.12 bits per heavy atom. The van der Waals surface area contributed by atoms with E-state index in [1.165, 1.54) is 0 Å². The first-order valence-corrected chi connectivity index (χ1v) is 9.89. The van der Waals surface area contributed by atoms with Crippen LogP contribution in [0.1, 0.15) is 30.2 Å². The molecule has 0 amide bonds. The Labute approximate surface area is 143 Å². The van der Waals surface area contributed by atoms with Crippen LogP contribution in [-0.4, -0.2) is 18.6 Å². The van der Waals surface area contributed by atoms with Gasteiger partial charge in [-0.05, 0) is 30.5 Å². The smallest absolute Gasteiger partial charge is 0.257 e. The Morgan fingerprint density at radius 3 is 2.67 bits per heavy atom. The van der Waals surface area contributed by atoms with Gasteiger partial charge in [0.1, 0.15) is 4.21 Å². The molecule has 1 aliphatic rings. The van der Waals surface area contributed by atoms with Gasteiger partial charge >= 0.3 is 0 Å². The number of hydrogen-bond donors (Lipinski definition) is 1. The van der Waals surface area contributed by atoms with Crippen LogP contribution in [0.2, 0.25) is 0 Å². The molecule has 1 aromatic carbocycles. The average Bonchev–Trinajstić information content (AvgIpc) is 3.12. The van der Waals surface area contributed by atoms with Gasteiger partial charge in [0.2, 0.25) is 15.9 Å². The Kier molecular flexibility index (Phi) is 3.95. The predicted molar refractivity (Wildman–Crippen MR) is 90.1 cm³/mol. The van der Waals surface area contributed by atoms with Crippen molar-refractivity contribution < 1.29 is 12.8 Å². The normalized spacial score (nSPS) is 14.8. The molecule has 0 aliphatic heterocycles. The van der Waals surface area contributed by atoms with Gasteiger partial charge in [0, 0.05) is 12.5 Å². The molecule has 1 N–H and O–H groups in total. The highest BCUT2D eigenvalue weighted by molar-refractivity contribution is 7.91. The van der Waals surface area contributed by atoms with Crippen molar-refractivity contribution in [1.82, 2.24) is 14.9 Å². The Balaban J connectivity index is 1.50. The maximum atomic E-state index is 12.4. The van der Waals surface area contributed by atoms with E-state index >= 15 is 0 Å². The fraction of sp³-hybridized carbons (Fsp3) is 0.250. The van der Waals surface area contributed by atoms with E-state index in [-0.39, 0.29) is 10.8 Å². The molecule has 1 saturated carbocycles. The van der Waals surface area contributed by atoms with Crippen LogP contribution in [0.15, 0.2) is 51.1 Å². The van der Waals surface area contributed by atoms with Gasteiger partial charge in [-0.3, -0.25) is 0 Å². The largest absolute Gasteiger partial charge is 0.420 e. The molecular weight excluding hydrogens is 346 g/mol. The van der Waals surface area contributed by atoms with Crippen LogP contribution >= 0.6 is 11.3 Å². The number of aromatic nitrogens is 2. The molecule has 6 nitrogen and oxygen atoms in total. The van der Waals surface area contributed by atoms with Crippen LogP contribution in [0.25, 0.3) is 10.8 Å². The highest BCUT2D eigenvalue weighted by atomic mass is 32.2. The van der Waals surface area contributed by atoms with Crippen molar-refractivity contribution in [3.8, 4) is 10.8 Å². The standard InChI is InChI=1S/C16H15N3O3S2/c20-24(21,17-10-11-4-2-1-3-5-11)14-9-8-13(23-14)16-19-18-15(22-16)12-6-7-12/h1-5,8-9,12,17H,6-7,10H2. The molecule has 0 saturated heterocycles. The highest BCUT2D eigenvalue weighted by Gasteiger charge is 2.30. The van der Waals surface area contributed by atoms with Gasteiger partial charge in [0.05, 0.1) is 4.88 Å². The van der Waals surface area contributed by atoms with Gasteiger partial charge in [-0.15, -0.1) is 21.5 Å². The van der Waals surface area contributed by atoms with Crippen LogP contribution in [-0.2, 0) is 16.6 Å². The monoisotopic (exact) mass is 361 g/mol. The summed E-state index contributed by atoms with van der Waals surface area (Å²) in [4.78, 5) is 0.662. The lowest BCUT2D eigenvalue weighted by molar-refractivity contribution is 0.509. The summed E-state index contributed by atoms with van der Waals surface area (Å²) in [6.07, 6.45) is 2.16. The summed E-state index contributed by atoms with van der Waals surface area (Å²) >= 11 is 1.13. The average molecular weight is 361 g/mol. The lowest BCUT2D eigenvalue weighted by Gasteiger charge is -2.04. The van der Waals surface area contributed by atoms with Gasteiger partial charge in [-0.1, -0.05) is 30.3 Å². The van der Waals surface area contributed by atoms with E-state index in [1.54, 1.807) is 12.1 Å². The van der Waals surface area contributed by atoms with Crippen molar-refractivity contribution >= 4 is 21.4 Å². The molecule has 4 rings (SSSR count). The number of nitrogens with zero attached hydrogens (tertiary/aromatic N) is 2. The van der Waals surface area contributed by atoms with E-state index in [0.29, 0.717) is 22.6 Å². The van der Waals surface area contributed by atoms with E-state index < -0.39 is 10.0 Å². The van der Waals surface area contributed by atoms with Crippen LogP contribution < -0.4 is 4.72 Å². The topological polar surface area (TPSA) is 85.1 Å². The summed E-state index contributed by atoms with van der Waals surface area (Å²) in [5, 5.41) is 8.04. The zero-order chi connectivity index (χ0) is 16.6. The molecule has 0 spiro atoms. The zero-order valence-electron chi connectivity index (χ0n) is 12.7. The summed E-state index contributed by atoms with van der Waals surface area (Å²) in [6.45, 7) is 0.253. The van der Waals surface area contributed by atoms with E-state index in [1.807, 2.05) is 30.3 Å². The molecule has 2 aromatic heterocycles. The zero-order valence-corrected chi connectivity index (χ0v) is 14.3. The second-order valence-corrected chi connectivity index (χ2v) is 8.73. The third-order valence-corrected chi connectivity index (χ3v) is 6.70. The lowest BCUT2D eigenvalue weighted by atomic mass is 10.2. The molecule has 0 atom stereocenters. The maximum absolute atomic E-state index is 12.4. The molecule has 2 heterocycles. The van der Waals surface area contributed by atoms with Crippen molar-refractivity contribution in [2.75, 3.05) is 0 Å². The van der Waals surface area contributed by atoms with E-state index in [9.17, 15) is 8.42 Å². The van der Waals surface area contributed by atoms with Crippen LogP contribution in [0.4, 0.5) is 0 Å². The number of sulfonamides is 1. The molecule has 8 heteroatoms. The maximum Gasteiger partial charge on any atom is 0.257 e. The molecule has 0 unspecified atom stereocenters. The van der Waals surface area contributed by atoms with Crippen LogP contribution in [0, 0.1) is 0 Å². The summed E-state index contributed by atoms with van der Waals surface area (Å²) < 4.78 is 33.3. The number of benzene rings is 1. The predicted octanol–water partition coefficient (Wildman–Crippen LogP) is 3.15. The highest BCUT2D eigenvalue weighted by Crippen LogP contribution is 2.40. The molecule has 1 fully saturated rings. The molecule has 0 radical (unpaired) electrons. The molecule has 124 valence electrons. The third kappa shape index (κ3) is 3.26. The number of hydrogen-bond acceptors (Lipinski definition) is 6. The summed E-state index contributed by atoms with van der Waals surface area (Å²) in [5.74, 6) is 1.40. The minimum absolute atomic E-state index is 0.236. The van der Waals surface area contributed by atoms with E-state index in [2.05, 4.69) is 14.9 Å². The minimum atomic E-state index is -3.56. The Bertz CT molecular complexity index is 944. The lowest BCUT2D eigenvalue weighted by Crippen LogP contribution is -2.22. The fourth-order valence-electron chi connectivity index (χ4n) is 2.25. The first kappa shape index (κ1) is 15.5. The number of rotatable bonds is 6. The summed E-state index contributed by atoms with van der Waals surface area (Å²) in [6, 6.07) is 12.7. The third-order valence-electron chi connectivity index (χ3n) is 3.73. The Hall–Kier alpha value is -2.03. The van der Waals surface area contributed by atoms with Gasteiger partial charge < -0.3 is 4.42 Å². The second kappa shape index (κ2) is 6.12. The van der Waals surface area contributed by atoms with Crippen molar-refractivity contribution in [1.29, 1.82) is 0 Å². The van der Waals surface area contributed by atoms with Crippen molar-refractivity contribution in [2.24, 2.45) is 0 Å². The molecule has 24 heavy (non-hydrogen) atoms. The number of thiophene rings is 1. The molecular formula is C16H15N3O3S2. The molecule has 3 aromatic rings. The SMILES string of the molecule is O=S(=O)(NCc1ccccc1)c1ccc(-c2nnc(C3CC3)o2)s1. The van der Waals surface area contributed by atoms with Crippen molar-refractivity contribution in [3.63, 3.8) is 0 Å². The van der Waals surface area contributed by atoms with Crippen molar-refractivity contribution in [2.45, 2.75) is 29.5 Å². The quantitative estimate of drug-likeness (QED) is 0.729. The molecule has 1 aliphatic carbocycles. The minimum Gasteiger partial charge on any atom is -0.420 e. The first-order valence-electron chi connectivity index (χ1n) is 7.59. The fourth-order valence-corrected chi connectivity index (χ4v) is 4.54. The van der Waals surface area contributed by atoms with E-state index in [0.717, 1.165) is 29.7 Å². The van der Waals surface area contributed by atoms with Crippen LogP contribution in [0.3, 0.4) is 0 Å². The van der Waals surface area contributed by atoms with Gasteiger partial charge in [-0.25, -0.2) is 13.1 Å². The molecule has 0 bridgehead atoms. The van der Waals surface area contributed by atoms with E-state index in [4.69, 9.17) is 4.42 Å². The van der Waals surface area contributed by atoms with Gasteiger partial charge in [0.15, 0.2) is 0 Å². The van der Waals surface area contributed by atoms with Gasteiger partial charge in [-0.2, -0.15) is 0 Å². The van der Waals surface area contributed by atoms with Crippen molar-refractivity contribution in [3.05, 3.63) is 53.9 Å². The van der Waals surface area contributed by atoms with Crippen LogP contribution in [0.5, 0.6) is 0 Å². The second-order valence-electron chi connectivity index (χ2n) is 5.65. The summed E-state index contributed by atoms with van der Waals surface area (Å²) in [7, 11) is -3.56. The number of nitrogens with one attached hydrogen (secondary N) is 1. The first-order chi connectivity index (χ1) is 11.6.